The number of hydrogen-bond donors (Lipinski definition) is 1. The molecule has 0 unspecified atom stereocenters. The zero-order valence-electron chi connectivity index (χ0n) is 13.9. The van der Waals surface area contributed by atoms with Gasteiger partial charge < -0.3 is 14.8 Å². The molecular formula is C17H20BrN3O3. The number of benzene rings is 1. The molecule has 1 heterocycles. The van der Waals surface area contributed by atoms with Crippen molar-refractivity contribution in [2.24, 2.45) is 0 Å². The van der Waals surface area contributed by atoms with Gasteiger partial charge in [0.05, 0.1) is 12.6 Å². The Morgan fingerprint density at radius 2 is 1.96 bits per heavy atom. The molecule has 0 aliphatic rings. The van der Waals surface area contributed by atoms with Crippen LogP contribution in [0.3, 0.4) is 0 Å². The van der Waals surface area contributed by atoms with E-state index in [-0.39, 0.29) is 11.9 Å². The van der Waals surface area contributed by atoms with Gasteiger partial charge >= 0.3 is 0 Å². The predicted octanol–water partition coefficient (Wildman–Crippen LogP) is 3.06. The molecule has 0 bridgehead atoms. The van der Waals surface area contributed by atoms with Crippen molar-refractivity contribution in [1.29, 1.82) is 0 Å². The summed E-state index contributed by atoms with van der Waals surface area (Å²) in [6, 6.07) is 5.06. The number of ether oxygens (including phenoxy) is 2. The van der Waals surface area contributed by atoms with Crippen LogP contribution >= 0.6 is 15.9 Å². The summed E-state index contributed by atoms with van der Waals surface area (Å²) >= 11 is 3.40. The Balaban J connectivity index is 2.06. The summed E-state index contributed by atoms with van der Waals surface area (Å²) in [6.07, 6.45) is 3.43. The molecule has 128 valence electrons. The fourth-order valence-corrected chi connectivity index (χ4v) is 2.48. The van der Waals surface area contributed by atoms with Crippen LogP contribution in [0, 0.1) is 6.92 Å². The Labute approximate surface area is 149 Å². The van der Waals surface area contributed by atoms with Crippen LogP contribution in [0.2, 0.25) is 0 Å². The van der Waals surface area contributed by atoms with Crippen molar-refractivity contribution in [2.45, 2.75) is 19.9 Å². The molecule has 0 aliphatic heterocycles. The molecule has 0 saturated carbocycles. The molecule has 6 nitrogen and oxygen atoms in total. The summed E-state index contributed by atoms with van der Waals surface area (Å²) in [7, 11) is 1.61. The Morgan fingerprint density at radius 3 is 2.62 bits per heavy atom. The topological polar surface area (TPSA) is 73.3 Å². The Morgan fingerprint density at radius 1 is 1.25 bits per heavy atom. The first-order chi connectivity index (χ1) is 11.5. The number of carbonyl (C=O) groups excluding carboxylic acids is 1. The van der Waals surface area contributed by atoms with E-state index in [2.05, 4.69) is 31.2 Å². The fourth-order valence-electron chi connectivity index (χ4n) is 2.01. The molecule has 1 aromatic heterocycles. The van der Waals surface area contributed by atoms with Gasteiger partial charge in [-0.1, -0.05) is 15.9 Å². The highest BCUT2D eigenvalue weighted by molar-refractivity contribution is 9.10. The second kappa shape index (κ2) is 8.75. The molecule has 1 aromatic carbocycles. The van der Waals surface area contributed by atoms with E-state index in [4.69, 9.17) is 9.47 Å². The summed E-state index contributed by atoms with van der Waals surface area (Å²) in [5.74, 6) is 1.11. The quantitative estimate of drug-likeness (QED) is 0.731. The van der Waals surface area contributed by atoms with Crippen LogP contribution in [0.1, 0.15) is 34.7 Å². The van der Waals surface area contributed by atoms with Crippen LogP contribution < -0.4 is 10.1 Å². The lowest BCUT2D eigenvalue weighted by Gasteiger charge is -2.15. The molecule has 24 heavy (non-hydrogen) atoms. The molecule has 1 atom stereocenters. The van der Waals surface area contributed by atoms with Crippen molar-refractivity contribution in [3.63, 3.8) is 0 Å². The van der Waals surface area contributed by atoms with E-state index in [9.17, 15) is 4.79 Å². The number of amides is 1. The molecular weight excluding hydrogens is 374 g/mol. The zero-order valence-corrected chi connectivity index (χ0v) is 15.5. The second-order valence-corrected chi connectivity index (χ2v) is 6.19. The summed E-state index contributed by atoms with van der Waals surface area (Å²) in [6.45, 7) is 4.61. The van der Waals surface area contributed by atoms with Crippen molar-refractivity contribution < 1.29 is 14.3 Å². The lowest BCUT2D eigenvalue weighted by molar-refractivity contribution is 0.0939. The van der Waals surface area contributed by atoms with Gasteiger partial charge in [0, 0.05) is 35.1 Å². The van der Waals surface area contributed by atoms with Gasteiger partial charge in [-0.25, -0.2) is 9.97 Å². The van der Waals surface area contributed by atoms with Gasteiger partial charge in [-0.05, 0) is 32.0 Å². The van der Waals surface area contributed by atoms with Gasteiger partial charge in [0.2, 0.25) is 0 Å². The predicted molar refractivity (Wildman–Crippen MR) is 94.2 cm³/mol. The highest BCUT2D eigenvalue weighted by Crippen LogP contribution is 2.22. The van der Waals surface area contributed by atoms with Crippen LogP contribution in [0.4, 0.5) is 0 Å². The smallest absolute Gasteiger partial charge is 0.251 e. The monoisotopic (exact) mass is 393 g/mol. The maximum atomic E-state index is 12.5. The standard InChI is InChI=1S/C17H20BrN3O3/c1-11(14-9-19-12(2)20-10-14)21-17(22)13-6-15(18)8-16(7-13)24-5-4-23-3/h6-11H,4-5H2,1-3H3,(H,21,22)/t11-/m1/s1. The van der Waals surface area contributed by atoms with E-state index in [0.717, 1.165) is 10.0 Å². The maximum Gasteiger partial charge on any atom is 0.251 e. The van der Waals surface area contributed by atoms with Crippen molar-refractivity contribution in [3.8, 4) is 5.75 Å². The third-order valence-corrected chi connectivity index (χ3v) is 3.80. The third-order valence-electron chi connectivity index (χ3n) is 3.34. The second-order valence-electron chi connectivity index (χ2n) is 5.28. The molecule has 1 N–H and O–H groups in total. The van der Waals surface area contributed by atoms with Gasteiger partial charge in [-0.15, -0.1) is 0 Å². The molecule has 0 spiro atoms. The van der Waals surface area contributed by atoms with Crippen LogP contribution in [0.25, 0.3) is 0 Å². The maximum absolute atomic E-state index is 12.5. The molecule has 1 amide bonds. The first-order valence-corrected chi connectivity index (χ1v) is 8.30. The van der Waals surface area contributed by atoms with Gasteiger partial charge in [0.15, 0.2) is 0 Å². The minimum absolute atomic E-state index is 0.194. The normalized spacial score (nSPS) is 11.8. The lowest BCUT2D eigenvalue weighted by atomic mass is 10.1. The number of hydrogen-bond acceptors (Lipinski definition) is 5. The van der Waals surface area contributed by atoms with Crippen LogP contribution in [0.5, 0.6) is 5.75 Å². The fraction of sp³-hybridized carbons (Fsp3) is 0.353. The van der Waals surface area contributed by atoms with Crippen molar-refractivity contribution in [3.05, 3.63) is 52.0 Å². The van der Waals surface area contributed by atoms with E-state index < -0.39 is 0 Å². The van der Waals surface area contributed by atoms with E-state index in [0.29, 0.717) is 30.4 Å². The summed E-state index contributed by atoms with van der Waals surface area (Å²) in [5.41, 5.74) is 1.36. The number of aromatic nitrogens is 2. The van der Waals surface area contributed by atoms with E-state index >= 15 is 0 Å². The zero-order chi connectivity index (χ0) is 17.5. The minimum atomic E-state index is -0.199. The molecule has 0 aliphatic carbocycles. The van der Waals surface area contributed by atoms with E-state index in [1.54, 1.807) is 31.6 Å². The first-order valence-electron chi connectivity index (χ1n) is 7.51. The largest absolute Gasteiger partial charge is 0.491 e. The van der Waals surface area contributed by atoms with E-state index in [1.807, 2.05) is 19.9 Å². The number of aryl methyl sites for hydroxylation is 1. The highest BCUT2D eigenvalue weighted by Gasteiger charge is 2.14. The molecule has 2 rings (SSSR count). The Kier molecular flexibility index (Phi) is 6.69. The summed E-state index contributed by atoms with van der Waals surface area (Å²) in [5, 5.41) is 2.93. The molecule has 2 aromatic rings. The average molecular weight is 394 g/mol. The Bertz CT molecular complexity index is 692. The van der Waals surface area contributed by atoms with Gasteiger partial charge in [0.25, 0.3) is 5.91 Å². The van der Waals surface area contributed by atoms with Crippen LogP contribution in [0.15, 0.2) is 35.1 Å². The Hall–Kier alpha value is -1.99. The highest BCUT2D eigenvalue weighted by atomic mass is 79.9. The van der Waals surface area contributed by atoms with Crippen LogP contribution in [-0.2, 0) is 4.74 Å². The van der Waals surface area contributed by atoms with Gasteiger partial charge in [0.1, 0.15) is 18.2 Å². The van der Waals surface area contributed by atoms with Crippen molar-refractivity contribution >= 4 is 21.8 Å². The lowest BCUT2D eigenvalue weighted by Crippen LogP contribution is -2.27. The summed E-state index contributed by atoms with van der Waals surface area (Å²) in [4.78, 5) is 20.8. The molecule has 0 radical (unpaired) electrons. The van der Waals surface area contributed by atoms with E-state index in [1.165, 1.54) is 0 Å². The molecule has 0 saturated heterocycles. The number of rotatable bonds is 7. The summed E-state index contributed by atoms with van der Waals surface area (Å²) < 4.78 is 11.3. The number of methoxy groups -OCH3 is 1. The van der Waals surface area contributed by atoms with Crippen molar-refractivity contribution in [2.75, 3.05) is 20.3 Å². The number of carbonyl (C=O) groups is 1. The van der Waals surface area contributed by atoms with Gasteiger partial charge in [-0.2, -0.15) is 0 Å². The number of halogens is 1. The van der Waals surface area contributed by atoms with Gasteiger partial charge in [-0.3, -0.25) is 4.79 Å². The van der Waals surface area contributed by atoms with Crippen LogP contribution in [-0.4, -0.2) is 36.2 Å². The first kappa shape index (κ1) is 18.4. The average Bonchev–Trinajstić information content (AvgIpc) is 2.55. The molecule has 7 heteroatoms. The SMILES string of the molecule is COCCOc1cc(Br)cc(C(=O)N[C@H](C)c2cnc(C)nc2)c1. The molecule has 0 fully saturated rings. The minimum Gasteiger partial charge on any atom is -0.491 e. The number of nitrogens with one attached hydrogen (secondary N) is 1. The third kappa shape index (κ3) is 5.28. The number of nitrogens with zero attached hydrogens (tertiary/aromatic N) is 2. The van der Waals surface area contributed by atoms with Crippen molar-refractivity contribution in [1.82, 2.24) is 15.3 Å².